The summed E-state index contributed by atoms with van der Waals surface area (Å²) in [5, 5.41) is 5.28. The van der Waals surface area contributed by atoms with Crippen molar-refractivity contribution in [2.45, 2.75) is 37.8 Å². The second kappa shape index (κ2) is 8.00. The van der Waals surface area contributed by atoms with Crippen molar-refractivity contribution in [1.82, 2.24) is 15.0 Å². The van der Waals surface area contributed by atoms with Crippen LogP contribution in [0, 0.1) is 0 Å². The fourth-order valence-corrected chi connectivity index (χ4v) is 3.89. The molecule has 0 saturated heterocycles. The van der Waals surface area contributed by atoms with Crippen LogP contribution in [0.1, 0.15) is 36.0 Å². The van der Waals surface area contributed by atoms with Crippen LogP contribution in [-0.4, -0.2) is 40.0 Å². The number of rotatable bonds is 5. The van der Waals surface area contributed by atoms with Crippen molar-refractivity contribution in [3.05, 3.63) is 48.4 Å². The van der Waals surface area contributed by atoms with Gasteiger partial charge in [0.15, 0.2) is 0 Å². The maximum atomic E-state index is 11.9. The Morgan fingerprint density at radius 3 is 2.79 bits per heavy atom. The van der Waals surface area contributed by atoms with Gasteiger partial charge in [-0.25, -0.2) is 4.98 Å². The number of hydrogen-bond donors (Lipinski definition) is 3. The van der Waals surface area contributed by atoms with Gasteiger partial charge < -0.3 is 21.7 Å². The lowest BCUT2D eigenvalue weighted by atomic mass is 9.90. The predicted molar refractivity (Wildman–Crippen MR) is 114 cm³/mol. The average Bonchev–Trinajstić information content (AvgIpc) is 2.73. The van der Waals surface area contributed by atoms with E-state index in [1.807, 2.05) is 36.2 Å². The highest BCUT2D eigenvalue weighted by molar-refractivity contribution is 5.98. The molecule has 8 nitrogen and oxygen atoms in total. The Hall–Kier alpha value is -3.26. The monoisotopic (exact) mass is 391 g/mol. The van der Waals surface area contributed by atoms with Gasteiger partial charge >= 0.3 is 0 Å². The fourth-order valence-electron chi connectivity index (χ4n) is 3.89. The molecule has 1 aliphatic rings. The Morgan fingerprint density at radius 1 is 1.17 bits per heavy atom. The van der Waals surface area contributed by atoms with Crippen molar-refractivity contribution in [2.75, 3.05) is 17.3 Å². The molecule has 3 aromatic rings. The number of nitrogens with two attached hydrogens (primary N) is 2. The van der Waals surface area contributed by atoms with Crippen LogP contribution >= 0.6 is 0 Å². The largest absolute Gasteiger partial charge is 0.365 e. The third-order valence-corrected chi connectivity index (χ3v) is 5.54. The number of primary amides is 1. The molecule has 0 spiro atoms. The van der Waals surface area contributed by atoms with Crippen molar-refractivity contribution in [2.24, 2.45) is 11.5 Å². The molecule has 5 N–H and O–H groups in total. The van der Waals surface area contributed by atoms with E-state index in [-0.39, 0.29) is 17.6 Å². The minimum Gasteiger partial charge on any atom is -0.365 e. The van der Waals surface area contributed by atoms with Crippen molar-refractivity contribution < 1.29 is 4.79 Å². The molecule has 1 aliphatic carbocycles. The van der Waals surface area contributed by atoms with Gasteiger partial charge in [-0.05, 0) is 36.4 Å². The topological polar surface area (TPSA) is 123 Å². The number of fused-ring (bicyclic) bond motifs is 1. The van der Waals surface area contributed by atoms with Crippen LogP contribution in [0.3, 0.4) is 0 Å². The molecule has 1 saturated carbocycles. The number of aromatic nitrogens is 3. The number of carbonyl (C=O) groups is 1. The summed E-state index contributed by atoms with van der Waals surface area (Å²) in [7, 11) is 1.95. The van der Waals surface area contributed by atoms with Crippen molar-refractivity contribution >= 4 is 34.1 Å². The Balaban J connectivity index is 1.66. The Labute approximate surface area is 169 Å². The SMILES string of the molecule is CN(c1ncc(C(N)=O)c(Nc2ccc3ccncc3c2)n1)C1CCCCC1N. The molecule has 2 aromatic heterocycles. The third-order valence-electron chi connectivity index (χ3n) is 5.54. The summed E-state index contributed by atoms with van der Waals surface area (Å²) in [5.41, 5.74) is 12.9. The van der Waals surface area contributed by atoms with Gasteiger partial charge in [0, 0.05) is 48.8 Å². The lowest BCUT2D eigenvalue weighted by molar-refractivity contribution is 0.100. The lowest BCUT2D eigenvalue weighted by Gasteiger charge is -2.36. The molecule has 2 atom stereocenters. The maximum Gasteiger partial charge on any atom is 0.254 e. The van der Waals surface area contributed by atoms with Crippen LogP contribution in [0.4, 0.5) is 17.5 Å². The number of amides is 1. The smallest absolute Gasteiger partial charge is 0.254 e. The summed E-state index contributed by atoms with van der Waals surface area (Å²) in [6.45, 7) is 0. The Kier molecular flexibility index (Phi) is 5.26. The molecule has 2 heterocycles. The molecule has 0 aliphatic heterocycles. The Morgan fingerprint density at radius 2 is 2.00 bits per heavy atom. The number of carbonyl (C=O) groups excluding carboxylic acids is 1. The summed E-state index contributed by atoms with van der Waals surface area (Å²) in [6.07, 6.45) is 9.29. The zero-order valence-corrected chi connectivity index (χ0v) is 16.4. The first-order valence-electron chi connectivity index (χ1n) is 9.79. The van der Waals surface area contributed by atoms with Gasteiger partial charge in [-0.3, -0.25) is 9.78 Å². The first kappa shape index (κ1) is 19.1. The summed E-state index contributed by atoms with van der Waals surface area (Å²) in [5.74, 6) is 0.308. The molecule has 1 fully saturated rings. The molecular weight excluding hydrogens is 366 g/mol. The third kappa shape index (κ3) is 3.97. The van der Waals surface area contributed by atoms with Crippen molar-refractivity contribution in [3.63, 3.8) is 0 Å². The molecule has 1 aromatic carbocycles. The number of likely N-dealkylation sites (N-methyl/N-ethyl adjacent to an activating group) is 1. The van der Waals surface area contributed by atoms with E-state index < -0.39 is 5.91 Å². The lowest BCUT2D eigenvalue weighted by Crippen LogP contribution is -2.48. The van der Waals surface area contributed by atoms with E-state index in [2.05, 4.69) is 20.3 Å². The van der Waals surface area contributed by atoms with E-state index in [1.165, 1.54) is 6.20 Å². The van der Waals surface area contributed by atoms with Gasteiger partial charge in [0.25, 0.3) is 5.91 Å². The van der Waals surface area contributed by atoms with Gasteiger partial charge in [0.05, 0.1) is 0 Å². The van der Waals surface area contributed by atoms with E-state index in [1.54, 1.807) is 12.4 Å². The maximum absolute atomic E-state index is 11.9. The zero-order chi connectivity index (χ0) is 20.4. The van der Waals surface area contributed by atoms with Crippen LogP contribution in [0.25, 0.3) is 10.8 Å². The van der Waals surface area contributed by atoms with E-state index in [0.717, 1.165) is 42.1 Å². The predicted octanol–water partition coefficient (Wildman–Crippen LogP) is 2.57. The summed E-state index contributed by atoms with van der Waals surface area (Å²) in [4.78, 5) is 27.1. The molecule has 0 radical (unpaired) electrons. The molecule has 1 amide bonds. The molecule has 4 rings (SSSR count). The number of hydrogen-bond acceptors (Lipinski definition) is 7. The van der Waals surface area contributed by atoms with Crippen molar-refractivity contribution in [1.29, 1.82) is 0 Å². The molecule has 8 heteroatoms. The molecule has 150 valence electrons. The highest BCUT2D eigenvalue weighted by atomic mass is 16.1. The van der Waals surface area contributed by atoms with Crippen LogP contribution in [0.2, 0.25) is 0 Å². The second-order valence-electron chi connectivity index (χ2n) is 7.49. The van der Waals surface area contributed by atoms with Gasteiger partial charge in [0.1, 0.15) is 11.4 Å². The summed E-state index contributed by atoms with van der Waals surface area (Å²) in [6, 6.07) is 8.06. The number of benzene rings is 1. The van der Waals surface area contributed by atoms with Gasteiger partial charge in [0.2, 0.25) is 5.95 Å². The van der Waals surface area contributed by atoms with E-state index >= 15 is 0 Å². The standard InChI is InChI=1S/C21H25N7O/c1-28(18-5-3-2-4-17(18)22)21-25-12-16(19(23)29)20(27-21)26-15-7-6-13-8-9-24-11-14(13)10-15/h6-12,17-18H,2-5,22H2,1H3,(H2,23,29)(H,25,26,27). The van der Waals surface area contributed by atoms with Gasteiger partial charge in [-0.2, -0.15) is 4.98 Å². The van der Waals surface area contributed by atoms with Gasteiger partial charge in [-0.1, -0.05) is 18.9 Å². The molecular formula is C21H25N7O. The highest BCUT2D eigenvalue weighted by Crippen LogP contribution is 2.27. The van der Waals surface area contributed by atoms with E-state index in [9.17, 15) is 4.79 Å². The van der Waals surface area contributed by atoms with Crippen LogP contribution < -0.4 is 21.7 Å². The van der Waals surface area contributed by atoms with E-state index in [4.69, 9.17) is 11.5 Å². The van der Waals surface area contributed by atoms with Crippen LogP contribution in [0.5, 0.6) is 0 Å². The summed E-state index contributed by atoms with van der Waals surface area (Å²) < 4.78 is 0. The number of pyridine rings is 1. The summed E-state index contributed by atoms with van der Waals surface area (Å²) >= 11 is 0. The molecule has 0 bridgehead atoms. The molecule has 2 unspecified atom stereocenters. The quantitative estimate of drug-likeness (QED) is 0.611. The number of anilines is 3. The zero-order valence-electron chi connectivity index (χ0n) is 16.4. The van der Waals surface area contributed by atoms with Crippen molar-refractivity contribution in [3.8, 4) is 0 Å². The Bertz CT molecular complexity index is 1040. The van der Waals surface area contributed by atoms with Crippen LogP contribution in [0.15, 0.2) is 42.9 Å². The number of nitrogens with zero attached hydrogens (tertiary/aromatic N) is 4. The van der Waals surface area contributed by atoms with Gasteiger partial charge in [-0.15, -0.1) is 0 Å². The molecule has 29 heavy (non-hydrogen) atoms. The van der Waals surface area contributed by atoms with E-state index in [0.29, 0.717) is 11.8 Å². The number of nitrogens with one attached hydrogen (secondary N) is 1. The second-order valence-corrected chi connectivity index (χ2v) is 7.49. The first-order valence-corrected chi connectivity index (χ1v) is 9.79. The minimum absolute atomic E-state index is 0.0811. The average molecular weight is 391 g/mol. The minimum atomic E-state index is -0.585. The fraction of sp³-hybridized carbons (Fsp3) is 0.333. The highest BCUT2D eigenvalue weighted by Gasteiger charge is 2.27. The first-order chi connectivity index (χ1) is 14.0. The van der Waals surface area contributed by atoms with Crippen LogP contribution in [-0.2, 0) is 0 Å². The normalized spacial score (nSPS) is 19.1.